The molecular weight excluding hydrogens is 319 g/mol. The number of furan rings is 1. The quantitative estimate of drug-likeness (QED) is 0.581. The van der Waals surface area contributed by atoms with Crippen molar-refractivity contribution in [2.24, 2.45) is 5.50 Å². The van der Waals surface area contributed by atoms with Crippen LogP contribution in [0.4, 0.5) is 0 Å². The summed E-state index contributed by atoms with van der Waals surface area (Å²) in [6.45, 7) is 5.23. The first-order valence-electron chi connectivity index (χ1n) is 5.89. The molecule has 7 heteroatoms. The number of rotatable bonds is 8. The van der Waals surface area contributed by atoms with Crippen LogP contribution in [0.2, 0.25) is 0 Å². The maximum absolute atomic E-state index is 12.3. The first-order valence-corrected chi connectivity index (χ1v) is 8.66. The van der Waals surface area contributed by atoms with Crippen LogP contribution in [-0.2, 0) is 15.7 Å². The van der Waals surface area contributed by atoms with E-state index in [4.69, 9.17) is 14.4 Å². The smallest absolute Gasteiger partial charge is 0.341 e. The van der Waals surface area contributed by atoms with Crippen molar-refractivity contribution >= 4 is 23.6 Å². The molecule has 0 aliphatic carbocycles. The number of nitrogens with zero attached hydrogens (tertiary/aromatic N) is 1. The van der Waals surface area contributed by atoms with E-state index in [1.807, 2.05) is 19.9 Å². The van der Waals surface area contributed by atoms with Gasteiger partial charge in [0.2, 0.25) is 0 Å². The third kappa shape index (κ3) is 4.86. The predicted octanol–water partition coefficient (Wildman–Crippen LogP) is 3.28. The molecule has 0 aliphatic heterocycles. The SMILES string of the molecule is CCCN(CCBr)P(N)(=O)OCc1ccc(C)o1. The van der Waals surface area contributed by atoms with Crippen molar-refractivity contribution in [3.63, 3.8) is 0 Å². The summed E-state index contributed by atoms with van der Waals surface area (Å²) >= 11 is 3.32. The van der Waals surface area contributed by atoms with Crippen molar-refractivity contribution in [1.82, 2.24) is 4.67 Å². The van der Waals surface area contributed by atoms with Gasteiger partial charge in [-0.1, -0.05) is 22.9 Å². The van der Waals surface area contributed by atoms with Crippen LogP contribution in [0.25, 0.3) is 0 Å². The normalized spacial score (nSPS) is 14.9. The van der Waals surface area contributed by atoms with Gasteiger partial charge in [-0.25, -0.2) is 10.2 Å². The van der Waals surface area contributed by atoms with Crippen molar-refractivity contribution in [1.29, 1.82) is 0 Å². The molecule has 0 amide bonds. The molecule has 5 nitrogen and oxygen atoms in total. The molecule has 1 atom stereocenters. The van der Waals surface area contributed by atoms with Crippen LogP contribution in [0.1, 0.15) is 24.9 Å². The molecule has 0 bridgehead atoms. The Morgan fingerprint density at radius 2 is 2.22 bits per heavy atom. The Kier molecular flexibility index (Phi) is 6.60. The Bertz CT molecular complexity index is 405. The van der Waals surface area contributed by atoms with Crippen LogP contribution < -0.4 is 5.50 Å². The van der Waals surface area contributed by atoms with E-state index in [1.54, 1.807) is 10.7 Å². The molecule has 0 saturated carbocycles. The van der Waals surface area contributed by atoms with Crippen LogP contribution in [0.15, 0.2) is 16.5 Å². The Hall–Kier alpha value is -0.130. The van der Waals surface area contributed by atoms with E-state index in [2.05, 4.69) is 15.9 Å². The third-order valence-corrected chi connectivity index (χ3v) is 4.45. The lowest BCUT2D eigenvalue weighted by molar-refractivity contribution is 0.231. The molecule has 1 unspecified atom stereocenters. The van der Waals surface area contributed by atoms with Gasteiger partial charge in [0.15, 0.2) is 0 Å². The molecule has 0 aromatic carbocycles. The largest absolute Gasteiger partial charge is 0.464 e. The standard InChI is InChI=1S/C11H20BrN2O3P/c1-3-7-14(8-6-12)18(13,15)16-9-11-5-4-10(2)17-11/h4-5H,3,6-9H2,1-2H3,(H2,13,15). The minimum atomic E-state index is -3.25. The van der Waals surface area contributed by atoms with Gasteiger partial charge in [-0.3, -0.25) is 9.09 Å². The first-order chi connectivity index (χ1) is 8.49. The third-order valence-electron chi connectivity index (χ3n) is 2.41. The molecular formula is C11H20BrN2O3P. The Morgan fingerprint density at radius 3 is 2.72 bits per heavy atom. The summed E-state index contributed by atoms with van der Waals surface area (Å²) in [6, 6.07) is 3.63. The zero-order valence-electron chi connectivity index (χ0n) is 10.8. The lowest BCUT2D eigenvalue weighted by atomic mass is 10.4. The van der Waals surface area contributed by atoms with Gasteiger partial charge in [-0.2, -0.15) is 0 Å². The van der Waals surface area contributed by atoms with E-state index in [-0.39, 0.29) is 6.61 Å². The van der Waals surface area contributed by atoms with Crippen LogP contribution in [0.3, 0.4) is 0 Å². The Labute approximate surface area is 116 Å². The van der Waals surface area contributed by atoms with E-state index in [0.717, 1.165) is 12.2 Å². The van der Waals surface area contributed by atoms with E-state index in [0.29, 0.717) is 24.2 Å². The van der Waals surface area contributed by atoms with E-state index in [1.165, 1.54) is 0 Å². The van der Waals surface area contributed by atoms with Crippen LogP contribution in [0.5, 0.6) is 0 Å². The molecule has 104 valence electrons. The van der Waals surface area contributed by atoms with E-state index < -0.39 is 7.67 Å². The number of hydrogen-bond acceptors (Lipinski definition) is 3. The molecule has 18 heavy (non-hydrogen) atoms. The molecule has 0 fully saturated rings. The van der Waals surface area contributed by atoms with Crippen LogP contribution in [-0.4, -0.2) is 23.1 Å². The number of halogens is 1. The van der Waals surface area contributed by atoms with Crippen molar-refractivity contribution in [2.45, 2.75) is 26.9 Å². The maximum Gasteiger partial charge on any atom is 0.341 e. The van der Waals surface area contributed by atoms with Gasteiger partial charge < -0.3 is 4.42 Å². The summed E-state index contributed by atoms with van der Waals surface area (Å²) < 4.78 is 24.7. The van der Waals surface area contributed by atoms with Gasteiger partial charge in [0.25, 0.3) is 0 Å². The average Bonchev–Trinajstić information content (AvgIpc) is 2.72. The highest BCUT2D eigenvalue weighted by atomic mass is 79.9. The Balaban J connectivity index is 2.58. The minimum absolute atomic E-state index is 0.129. The fourth-order valence-corrected chi connectivity index (χ4v) is 3.58. The number of nitrogens with two attached hydrogens (primary N) is 1. The van der Waals surface area contributed by atoms with Gasteiger partial charge >= 0.3 is 7.67 Å². The van der Waals surface area contributed by atoms with E-state index >= 15 is 0 Å². The lowest BCUT2D eigenvalue weighted by Gasteiger charge is -2.26. The second kappa shape index (κ2) is 7.46. The van der Waals surface area contributed by atoms with Gasteiger partial charge in [-0.05, 0) is 25.5 Å². The molecule has 0 spiro atoms. The topological polar surface area (TPSA) is 68.7 Å². The predicted molar refractivity (Wildman–Crippen MR) is 75.7 cm³/mol. The summed E-state index contributed by atoms with van der Waals surface area (Å²) in [5.41, 5.74) is 5.78. The minimum Gasteiger partial charge on any atom is -0.464 e. The summed E-state index contributed by atoms with van der Waals surface area (Å²) in [5.74, 6) is 1.43. The van der Waals surface area contributed by atoms with Gasteiger partial charge in [0, 0.05) is 18.4 Å². The zero-order chi connectivity index (χ0) is 13.6. The average molecular weight is 339 g/mol. The van der Waals surface area contributed by atoms with Crippen LogP contribution >= 0.6 is 23.6 Å². The maximum atomic E-state index is 12.3. The zero-order valence-corrected chi connectivity index (χ0v) is 13.2. The molecule has 0 aliphatic rings. The second-order valence-corrected chi connectivity index (χ2v) is 6.74. The van der Waals surface area contributed by atoms with Crippen molar-refractivity contribution in [3.8, 4) is 0 Å². The molecule has 2 N–H and O–H groups in total. The highest BCUT2D eigenvalue weighted by Gasteiger charge is 2.26. The molecule has 0 saturated heterocycles. The molecule has 1 aromatic heterocycles. The first kappa shape index (κ1) is 15.9. The monoisotopic (exact) mass is 338 g/mol. The summed E-state index contributed by atoms with van der Waals surface area (Å²) in [5, 5.41) is 0.706. The molecule has 1 aromatic rings. The highest BCUT2D eigenvalue weighted by Crippen LogP contribution is 2.43. The molecule has 1 rings (SSSR count). The van der Waals surface area contributed by atoms with Gasteiger partial charge in [-0.15, -0.1) is 0 Å². The summed E-state index contributed by atoms with van der Waals surface area (Å²) in [7, 11) is -3.25. The number of hydrogen-bond donors (Lipinski definition) is 1. The van der Waals surface area contributed by atoms with Crippen molar-refractivity contribution in [2.75, 3.05) is 18.4 Å². The summed E-state index contributed by atoms with van der Waals surface area (Å²) in [6.07, 6.45) is 0.872. The fourth-order valence-electron chi connectivity index (χ4n) is 1.55. The molecule has 0 radical (unpaired) electrons. The van der Waals surface area contributed by atoms with Crippen molar-refractivity contribution in [3.05, 3.63) is 23.7 Å². The molecule has 1 heterocycles. The summed E-state index contributed by atoms with van der Waals surface area (Å²) in [4.78, 5) is 0. The van der Waals surface area contributed by atoms with Gasteiger partial charge in [0.1, 0.15) is 18.1 Å². The van der Waals surface area contributed by atoms with E-state index in [9.17, 15) is 4.57 Å². The van der Waals surface area contributed by atoms with Crippen LogP contribution in [0, 0.1) is 6.92 Å². The fraction of sp³-hybridized carbons (Fsp3) is 0.636. The van der Waals surface area contributed by atoms with Gasteiger partial charge in [0.05, 0.1) is 0 Å². The Morgan fingerprint density at radius 1 is 1.50 bits per heavy atom. The second-order valence-electron chi connectivity index (χ2n) is 3.99. The number of aryl methyl sites for hydroxylation is 1. The lowest BCUT2D eigenvalue weighted by Crippen LogP contribution is -2.28. The van der Waals surface area contributed by atoms with Crippen molar-refractivity contribution < 1.29 is 13.5 Å². The number of alkyl halides is 1. The highest BCUT2D eigenvalue weighted by molar-refractivity contribution is 9.09.